The van der Waals surface area contributed by atoms with Crippen LogP contribution < -0.4 is 15.5 Å². The van der Waals surface area contributed by atoms with E-state index in [0.29, 0.717) is 24.7 Å². The highest BCUT2D eigenvalue weighted by molar-refractivity contribution is 5.87. The molecular formula is C39H68ClN3O8. The fourth-order valence-electron chi connectivity index (χ4n) is 3.89. The first-order chi connectivity index (χ1) is 24.2. The van der Waals surface area contributed by atoms with Gasteiger partial charge in [0.2, 0.25) is 13.6 Å². The predicted molar refractivity (Wildman–Crippen MR) is 211 cm³/mol. The molecule has 0 aliphatic rings. The number of carbonyl (C=O) groups excluding carboxylic acids is 4. The molecule has 0 aliphatic carbocycles. The molecule has 0 saturated carbocycles. The molecule has 0 spiro atoms. The van der Waals surface area contributed by atoms with Crippen molar-refractivity contribution in [2.75, 3.05) is 37.5 Å². The molecule has 2 rings (SSSR count). The van der Waals surface area contributed by atoms with E-state index in [1.807, 2.05) is 113 Å². The summed E-state index contributed by atoms with van der Waals surface area (Å²) in [6.45, 7) is 22.8. The summed E-state index contributed by atoms with van der Waals surface area (Å²) in [4.78, 5) is 50.3. The number of hydrogen-bond acceptors (Lipinski definition) is 9. The molecule has 0 saturated heterocycles. The van der Waals surface area contributed by atoms with Crippen molar-refractivity contribution in [2.24, 2.45) is 22.5 Å². The Bertz CT molecular complexity index is 1290. The highest BCUT2D eigenvalue weighted by atomic mass is 35.5. The summed E-state index contributed by atoms with van der Waals surface area (Å²) in [7, 11) is 4.44. The van der Waals surface area contributed by atoms with Crippen LogP contribution in [0, 0.1) is 30.6 Å². The lowest BCUT2D eigenvalue weighted by Gasteiger charge is -2.27. The van der Waals surface area contributed by atoms with Crippen LogP contribution in [0.3, 0.4) is 0 Å². The van der Waals surface area contributed by atoms with Gasteiger partial charge in [0, 0.05) is 28.2 Å². The topological polar surface area (TPSA) is 138 Å². The van der Waals surface area contributed by atoms with Crippen molar-refractivity contribution in [1.29, 1.82) is 0 Å². The summed E-state index contributed by atoms with van der Waals surface area (Å²) in [5.41, 5.74) is 8.75. The number of ether oxygens (including phenoxy) is 4. The van der Waals surface area contributed by atoms with Crippen LogP contribution in [0.2, 0.25) is 0 Å². The number of anilines is 2. The largest absolute Gasteiger partial charge is 0.428 e. The van der Waals surface area contributed by atoms with Gasteiger partial charge in [0.25, 0.3) is 0 Å². The molecule has 2 aromatic rings. The lowest BCUT2D eigenvalue weighted by molar-refractivity contribution is -0.161. The summed E-state index contributed by atoms with van der Waals surface area (Å²) in [6, 6.07) is 14.1. The zero-order valence-electron chi connectivity index (χ0n) is 35.7. The first kappa shape index (κ1) is 49.3. The normalized spacial score (nSPS) is 11.6. The Morgan fingerprint density at radius 3 is 1.31 bits per heavy atom. The average molecular weight is 745 g/mol. The van der Waals surface area contributed by atoms with Crippen molar-refractivity contribution in [1.82, 2.24) is 0 Å². The summed E-state index contributed by atoms with van der Waals surface area (Å²) >= 11 is 0. The first-order valence-electron chi connectivity index (χ1n) is 18.2. The van der Waals surface area contributed by atoms with Gasteiger partial charge in [-0.05, 0) is 55.4 Å². The zero-order valence-corrected chi connectivity index (χ0v) is 34.6. The van der Waals surface area contributed by atoms with Crippen molar-refractivity contribution < 1.29 is 40.9 Å². The van der Waals surface area contributed by atoms with Gasteiger partial charge in [-0.1, -0.05) is 119 Å². The number of amides is 2. The zero-order chi connectivity index (χ0) is 41.2. The molecule has 12 heteroatoms. The Morgan fingerprint density at radius 1 is 0.725 bits per heavy atom. The quantitative estimate of drug-likeness (QED) is 0.196. The van der Waals surface area contributed by atoms with Gasteiger partial charge in [0.1, 0.15) is 6.04 Å². The van der Waals surface area contributed by atoms with Crippen molar-refractivity contribution >= 4 is 47.9 Å². The van der Waals surface area contributed by atoms with E-state index >= 15 is 0 Å². The van der Waals surface area contributed by atoms with Crippen molar-refractivity contribution in [3.05, 3.63) is 59.7 Å². The SMILES string of the molecule is CC.CC[C@H](C(=O)OCOC(=O)N(C)c1ccc(C)cc1)C(C)(C)C.Cc1ccc(N(C)C(=O)OCOC(=O)[C@@H](N)C(C)(C)C)cc1.Cl.[2H]CC.[3H]C. The summed E-state index contributed by atoms with van der Waals surface area (Å²) in [5, 5.41) is 0. The third-order valence-electron chi connectivity index (χ3n) is 7.08. The maximum absolute atomic E-state index is 12.1. The summed E-state index contributed by atoms with van der Waals surface area (Å²) in [6.07, 6.45) is -0.494. The minimum atomic E-state index is -0.777. The van der Waals surface area contributed by atoms with E-state index in [4.69, 9.17) is 27.4 Å². The van der Waals surface area contributed by atoms with E-state index in [1.165, 1.54) is 17.2 Å². The molecule has 0 bridgehead atoms. The molecule has 0 radical (unpaired) electrons. The second-order valence-electron chi connectivity index (χ2n) is 12.9. The molecule has 2 aromatic carbocycles. The number of carbonyl (C=O) groups is 4. The highest BCUT2D eigenvalue weighted by Crippen LogP contribution is 2.29. The second kappa shape index (κ2) is 26.9. The molecule has 51 heavy (non-hydrogen) atoms. The van der Waals surface area contributed by atoms with E-state index in [1.54, 1.807) is 33.2 Å². The number of hydrogen-bond donors (Lipinski definition) is 1. The molecule has 2 N–H and O–H groups in total. The fraction of sp³-hybridized carbons (Fsp3) is 0.590. The van der Waals surface area contributed by atoms with Crippen LogP contribution in [-0.2, 0) is 28.5 Å². The number of benzene rings is 2. The predicted octanol–water partition coefficient (Wildman–Crippen LogP) is 9.69. The molecule has 2 amide bonds. The van der Waals surface area contributed by atoms with Gasteiger partial charge in [-0.3, -0.25) is 19.4 Å². The maximum atomic E-state index is 12.1. The van der Waals surface area contributed by atoms with Crippen LogP contribution in [0.5, 0.6) is 0 Å². The van der Waals surface area contributed by atoms with Crippen LogP contribution in [0.15, 0.2) is 48.5 Å². The molecule has 294 valence electrons. The number of halogens is 1. The van der Waals surface area contributed by atoms with Crippen LogP contribution in [0.25, 0.3) is 0 Å². The molecular weight excluding hydrogens is 674 g/mol. The molecule has 0 heterocycles. The minimum absolute atomic E-state index is 0. The van der Waals surface area contributed by atoms with Crippen molar-refractivity contribution in [3.8, 4) is 0 Å². The number of rotatable bonds is 9. The monoisotopic (exact) mass is 744 g/mol. The number of nitrogens with zero attached hydrogens (tertiary/aromatic N) is 2. The van der Waals surface area contributed by atoms with E-state index in [2.05, 4.69) is 0 Å². The Morgan fingerprint density at radius 2 is 1.04 bits per heavy atom. The van der Waals surface area contributed by atoms with E-state index in [-0.39, 0.29) is 36.5 Å². The van der Waals surface area contributed by atoms with Gasteiger partial charge in [-0.25, -0.2) is 9.59 Å². The fourth-order valence-corrected chi connectivity index (χ4v) is 3.89. The van der Waals surface area contributed by atoms with Crippen molar-refractivity contribution in [3.63, 3.8) is 0 Å². The smallest absolute Gasteiger partial charge is 0.416 e. The lowest BCUT2D eigenvalue weighted by atomic mass is 9.79. The van der Waals surface area contributed by atoms with Crippen LogP contribution in [-0.4, -0.2) is 57.8 Å². The minimum Gasteiger partial charge on any atom is -0.428 e. The third kappa shape index (κ3) is 20.6. The molecule has 0 aromatic heterocycles. The van der Waals surface area contributed by atoms with E-state index in [9.17, 15) is 19.2 Å². The van der Waals surface area contributed by atoms with Crippen LogP contribution in [0.1, 0.15) is 104 Å². The van der Waals surface area contributed by atoms with Crippen LogP contribution in [0.4, 0.5) is 21.0 Å². The number of esters is 2. The van der Waals surface area contributed by atoms with Gasteiger partial charge >= 0.3 is 24.1 Å². The van der Waals surface area contributed by atoms with Gasteiger partial charge in [-0.2, -0.15) is 0 Å². The van der Waals surface area contributed by atoms with Crippen LogP contribution >= 0.6 is 12.4 Å². The maximum Gasteiger partial charge on any atom is 0.416 e. The van der Waals surface area contributed by atoms with E-state index in [0.717, 1.165) is 11.1 Å². The molecule has 11 nitrogen and oxygen atoms in total. The van der Waals surface area contributed by atoms with Gasteiger partial charge < -0.3 is 24.7 Å². The van der Waals surface area contributed by atoms with Crippen molar-refractivity contribution in [2.45, 2.75) is 110 Å². The standard InChI is InChI=1S/C18H27NO4.C16H24N2O4.2C2H6.CH4.ClH/c1-7-15(18(3,4)5)16(20)22-12-23-17(21)19(6)14-10-8-13(2)9-11-14;1-11-6-8-12(9-7-11)18(5)15(20)22-10-21-14(19)13(17)16(2,3)4;2*1-2;;/h8-11,15H,7,12H2,1-6H3;6-9,13H,10,17H2,1-5H3;2*1-2H3;1H4;1H/t15-;13-;;;;/m11..../s1/i;;1D;;1T;. The van der Waals surface area contributed by atoms with Gasteiger partial charge in [-0.15, -0.1) is 12.4 Å². The number of aryl methyl sites for hydroxylation is 2. The first-order valence-corrected chi connectivity index (χ1v) is 16.5. The Balaban J connectivity index is -0.000000381. The third-order valence-corrected chi connectivity index (χ3v) is 7.08. The summed E-state index contributed by atoms with van der Waals surface area (Å²) < 4.78 is 31.8. The van der Waals surface area contributed by atoms with Gasteiger partial charge in [0.15, 0.2) is 0 Å². The Kier molecular flexibility index (Phi) is 26.0. The Labute approximate surface area is 317 Å². The number of nitrogens with two attached hydrogens (primary N) is 1. The van der Waals surface area contributed by atoms with Gasteiger partial charge in [0.05, 0.1) is 5.92 Å². The Hall–Kier alpha value is -3.83. The second-order valence-corrected chi connectivity index (χ2v) is 12.9. The molecule has 2 atom stereocenters. The lowest BCUT2D eigenvalue weighted by Crippen LogP contribution is -2.43. The molecule has 0 unspecified atom stereocenters. The average Bonchev–Trinajstić information content (AvgIpc) is 3.09. The summed E-state index contributed by atoms with van der Waals surface area (Å²) in [5.74, 6) is -1.17. The van der Waals surface area contributed by atoms with E-state index < -0.39 is 36.4 Å². The highest BCUT2D eigenvalue weighted by Gasteiger charge is 2.31. The molecule has 0 fully saturated rings. The molecule has 0 aliphatic heterocycles.